The lowest BCUT2D eigenvalue weighted by molar-refractivity contribution is -0.146. The van der Waals surface area contributed by atoms with Crippen LogP contribution in [0, 0.1) is 0 Å². The van der Waals surface area contributed by atoms with Gasteiger partial charge in [0, 0.05) is 13.6 Å². The van der Waals surface area contributed by atoms with Crippen LogP contribution in [0.1, 0.15) is 29.6 Å². The van der Waals surface area contributed by atoms with Gasteiger partial charge >= 0.3 is 5.97 Å². The molecule has 0 spiro atoms. The van der Waals surface area contributed by atoms with E-state index in [0.717, 1.165) is 0 Å². The molecule has 0 aliphatic carbocycles. The van der Waals surface area contributed by atoms with E-state index >= 15 is 0 Å². The minimum Gasteiger partial charge on any atom is -0.491 e. The van der Waals surface area contributed by atoms with Gasteiger partial charge in [-0.2, -0.15) is 0 Å². The largest absolute Gasteiger partial charge is 0.491 e. The molecule has 2 N–H and O–H groups in total. The molecular formula is C19H23N3O6. The van der Waals surface area contributed by atoms with Crippen molar-refractivity contribution >= 4 is 23.7 Å². The molecule has 0 saturated carbocycles. The number of hydrogen-bond acceptors (Lipinski definition) is 5. The maximum absolute atomic E-state index is 12.7. The van der Waals surface area contributed by atoms with Crippen molar-refractivity contribution in [3.63, 3.8) is 0 Å². The summed E-state index contributed by atoms with van der Waals surface area (Å²) >= 11 is 0. The van der Waals surface area contributed by atoms with Crippen molar-refractivity contribution in [1.82, 2.24) is 15.1 Å². The zero-order valence-electron chi connectivity index (χ0n) is 15.6. The Morgan fingerprint density at radius 3 is 2.71 bits per heavy atom. The first-order valence-electron chi connectivity index (χ1n) is 9.18. The van der Waals surface area contributed by atoms with Gasteiger partial charge < -0.3 is 25.0 Å². The molecular weight excluding hydrogens is 366 g/mol. The number of hydrogen-bond donors (Lipinski definition) is 2. The van der Waals surface area contributed by atoms with Crippen molar-refractivity contribution in [3.05, 3.63) is 29.8 Å². The van der Waals surface area contributed by atoms with Gasteiger partial charge in [-0.25, -0.2) is 4.79 Å². The lowest BCUT2D eigenvalue weighted by atomic mass is 10.1. The molecule has 0 radical (unpaired) electrons. The highest BCUT2D eigenvalue weighted by Gasteiger charge is 2.37. The van der Waals surface area contributed by atoms with Gasteiger partial charge in [0.15, 0.2) is 0 Å². The number of rotatable bonds is 1. The molecule has 1 saturated heterocycles. The molecule has 3 amide bonds. The third-order valence-electron chi connectivity index (χ3n) is 5.03. The number of carboxylic acids is 1. The fraction of sp³-hybridized carbons (Fsp3) is 0.474. The fourth-order valence-electron chi connectivity index (χ4n) is 3.49. The normalized spacial score (nSPS) is 24.0. The van der Waals surface area contributed by atoms with Gasteiger partial charge in [-0.1, -0.05) is 12.1 Å². The number of carbonyl (C=O) groups is 4. The summed E-state index contributed by atoms with van der Waals surface area (Å²) in [5.41, 5.74) is 0.172. The first kappa shape index (κ1) is 19.7. The quantitative estimate of drug-likeness (QED) is 0.704. The molecule has 150 valence electrons. The summed E-state index contributed by atoms with van der Waals surface area (Å²) in [5.74, 6) is -2.31. The maximum atomic E-state index is 12.7. The molecule has 3 rings (SSSR count). The summed E-state index contributed by atoms with van der Waals surface area (Å²) in [5, 5.41) is 11.9. The van der Waals surface area contributed by atoms with E-state index in [-0.39, 0.29) is 23.8 Å². The zero-order chi connectivity index (χ0) is 20.3. The number of benzene rings is 1. The molecule has 2 aliphatic rings. The summed E-state index contributed by atoms with van der Waals surface area (Å²) in [6.07, 6.45) is 0.780. The van der Waals surface area contributed by atoms with Crippen LogP contribution in [0.3, 0.4) is 0 Å². The molecule has 0 bridgehead atoms. The molecule has 0 unspecified atom stereocenters. The van der Waals surface area contributed by atoms with Gasteiger partial charge in [-0.05, 0) is 25.0 Å². The summed E-state index contributed by atoms with van der Waals surface area (Å²) in [6.45, 7) is 0.851. The van der Waals surface area contributed by atoms with Crippen molar-refractivity contribution in [3.8, 4) is 5.75 Å². The zero-order valence-corrected chi connectivity index (χ0v) is 15.6. The van der Waals surface area contributed by atoms with Crippen molar-refractivity contribution in [1.29, 1.82) is 0 Å². The van der Waals surface area contributed by atoms with Crippen molar-refractivity contribution in [2.75, 3.05) is 26.7 Å². The van der Waals surface area contributed by atoms with Gasteiger partial charge in [-0.15, -0.1) is 0 Å². The maximum Gasteiger partial charge on any atom is 0.326 e. The van der Waals surface area contributed by atoms with E-state index in [1.807, 2.05) is 0 Å². The molecule has 9 heteroatoms. The monoisotopic (exact) mass is 389 g/mol. The first-order valence-corrected chi connectivity index (χ1v) is 9.18. The summed E-state index contributed by atoms with van der Waals surface area (Å²) in [7, 11) is 1.64. The van der Waals surface area contributed by atoms with Crippen LogP contribution in [-0.2, 0) is 14.4 Å². The second kappa shape index (κ2) is 8.28. The van der Waals surface area contributed by atoms with Crippen LogP contribution < -0.4 is 10.1 Å². The molecule has 1 fully saturated rings. The number of nitrogens with zero attached hydrogens (tertiary/aromatic N) is 2. The van der Waals surface area contributed by atoms with Crippen molar-refractivity contribution < 1.29 is 29.0 Å². The third-order valence-corrected chi connectivity index (χ3v) is 5.03. The average Bonchev–Trinajstić information content (AvgIpc) is 3.16. The number of aliphatic carboxylic acids is 1. The second-order valence-corrected chi connectivity index (χ2v) is 6.92. The topological polar surface area (TPSA) is 116 Å². The molecule has 28 heavy (non-hydrogen) atoms. The van der Waals surface area contributed by atoms with Crippen LogP contribution in [0.4, 0.5) is 0 Å². The predicted octanol–water partition coefficient (Wildman–Crippen LogP) is 0.102. The standard InChI is InChI=1S/C19H23N3O6/c1-21-9-10-28-15-7-3-2-5-12(15)17(24)20-13(19(26)27)11-16(23)22-8-4-6-14(22)18(21)25/h2-3,5,7,13-14H,4,6,8-11H2,1H3,(H,20,24)(H,26,27)/t13-,14-/m0/s1. The third kappa shape index (κ3) is 4.08. The number of carboxylic acid groups (broad SMARTS) is 1. The Kier molecular flexibility index (Phi) is 5.81. The SMILES string of the molecule is CN1CCOc2ccccc2C(=O)N[C@H](C(=O)O)CC(=O)N2CCC[C@H]2C1=O. The van der Waals surface area contributed by atoms with E-state index in [4.69, 9.17) is 4.74 Å². The van der Waals surface area contributed by atoms with E-state index in [2.05, 4.69) is 5.32 Å². The van der Waals surface area contributed by atoms with Gasteiger partial charge in [-0.3, -0.25) is 14.4 Å². The van der Waals surface area contributed by atoms with E-state index < -0.39 is 36.3 Å². The van der Waals surface area contributed by atoms with Gasteiger partial charge in [0.25, 0.3) is 5.91 Å². The Hall–Kier alpha value is -3.10. The number of fused-ring (bicyclic) bond motifs is 2. The van der Waals surface area contributed by atoms with Crippen LogP contribution in [-0.4, -0.2) is 77.4 Å². The highest BCUT2D eigenvalue weighted by Crippen LogP contribution is 2.22. The van der Waals surface area contributed by atoms with Crippen LogP contribution in [0.2, 0.25) is 0 Å². The second-order valence-electron chi connectivity index (χ2n) is 6.92. The number of amides is 3. The molecule has 2 aliphatic heterocycles. The van der Waals surface area contributed by atoms with E-state index in [1.54, 1.807) is 25.2 Å². The number of likely N-dealkylation sites (N-methyl/N-ethyl adjacent to an activating group) is 1. The van der Waals surface area contributed by atoms with Crippen LogP contribution in [0.5, 0.6) is 5.75 Å². The van der Waals surface area contributed by atoms with Gasteiger partial charge in [0.05, 0.1) is 18.5 Å². The summed E-state index contributed by atoms with van der Waals surface area (Å²) in [6, 6.07) is 4.43. The van der Waals surface area contributed by atoms with E-state index in [1.165, 1.54) is 15.9 Å². The number of ether oxygens (including phenoxy) is 1. The fourth-order valence-corrected chi connectivity index (χ4v) is 3.49. The minimum atomic E-state index is -1.40. The summed E-state index contributed by atoms with van der Waals surface area (Å²) in [4.78, 5) is 52.6. The van der Waals surface area contributed by atoms with Crippen LogP contribution in [0.15, 0.2) is 24.3 Å². The Morgan fingerprint density at radius 2 is 1.96 bits per heavy atom. The van der Waals surface area contributed by atoms with Crippen LogP contribution >= 0.6 is 0 Å². The van der Waals surface area contributed by atoms with E-state index in [9.17, 15) is 24.3 Å². The average molecular weight is 389 g/mol. The minimum absolute atomic E-state index is 0.162. The van der Waals surface area contributed by atoms with Gasteiger partial charge in [0.1, 0.15) is 24.4 Å². The number of para-hydroxylation sites is 1. The Labute approximate surface area is 162 Å². The van der Waals surface area contributed by atoms with E-state index in [0.29, 0.717) is 25.9 Å². The molecule has 2 atom stereocenters. The lowest BCUT2D eigenvalue weighted by Gasteiger charge is -2.29. The molecule has 1 aromatic carbocycles. The number of carbonyl (C=O) groups excluding carboxylic acids is 3. The lowest BCUT2D eigenvalue weighted by Crippen LogP contribution is -2.50. The molecule has 2 heterocycles. The van der Waals surface area contributed by atoms with Crippen LogP contribution in [0.25, 0.3) is 0 Å². The smallest absolute Gasteiger partial charge is 0.326 e. The molecule has 1 aromatic rings. The summed E-state index contributed by atoms with van der Waals surface area (Å²) < 4.78 is 5.67. The Morgan fingerprint density at radius 1 is 1.21 bits per heavy atom. The van der Waals surface area contributed by atoms with Crippen molar-refractivity contribution in [2.24, 2.45) is 0 Å². The number of nitrogens with one attached hydrogen (secondary N) is 1. The van der Waals surface area contributed by atoms with Crippen molar-refractivity contribution in [2.45, 2.75) is 31.3 Å². The Balaban J connectivity index is 1.92. The highest BCUT2D eigenvalue weighted by atomic mass is 16.5. The Bertz CT molecular complexity index is 796. The first-order chi connectivity index (χ1) is 13.4. The molecule has 9 nitrogen and oxygen atoms in total. The van der Waals surface area contributed by atoms with Gasteiger partial charge in [0.2, 0.25) is 11.8 Å². The highest BCUT2D eigenvalue weighted by molar-refractivity contribution is 6.00. The molecule has 0 aromatic heterocycles. The predicted molar refractivity (Wildman–Crippen MR) is 97.8 cm³/mol.